The van der Waals surface area contributed by atoms with Crippen molar-refractivity contribution in [2.75, 3.05) is 13.1 Å². The average Bonchev–Trinajstić information content (AvgIpc) is 3.62. The quantitative estimate of drug-likeness (QED) is 0.378. The summed E-state index contributed by atoms with van der Waals surface area (Å²) in [6, 6.07) is -0.740. The van der Waals surface area contributed by atoms with Gasteiger partial charge in [-0.15, -0.1) is 0 Å². The van der Waals surface area contributed by atoms with Crippen LogP contribution in [0.25, 0.3) is 0 Å². The number of carboxylic acids is 1. The van der Waals surface area contributed by atoms with E-state index in [1.54, 1.807) is 6.92 Å². The minimum absolute atomic E-state index is 0.0168. The van der Waals surface area contributed by atoms with Gasteiger partial charge in [-0.1, -0.05) is 30.1 Å². The van der Waals surface area contributed by atoms with Gasteiger partial charge in [-0.3, -0.25) is 24.0 Å². The fourth-order valence-corrected chi connectivity index (χ4v) is 7.16. The van der Waals surface area contributed by atoms with E-state index in [1.165, 1.54) is 12.4 Å². The van der Waals surface area contributed by atoms with Crippen molar-refractivity contribution >= 4 is 40.9 Å². The Labute approximate surface area is 243 Å². The summed E-state index contributed by atoms with van der Waals surface area (Å²) < 4.78 is 50.5. The van der Waals surface area contributed by atoms with E-state index in [-0.39, 0.29) is 53.4 Å². The number of carbonyl (C=O) groups is 3. The largest absolute Gasteiger partial charge is 0.481 e. The number of aromatic nitrogens is 3. The Morgan fingerprint density at radius 3 is 2.32 bits per heavy atom. The molecule has 222 valence electrons. The molecule has 2 aliphatic heterocycles. The SMILES string of the molecule is C[C@H]1C[C@@H](n2ncc(C(=O)N(CC(=O)c3c(Cl)cncc3Cl)CC34CCC(CC3)O4)c2C(F)(F)F)CC[C@@H]1C(=O)O. The molecule has 3 atom stereocenters. The number of hydrogen-bond donors (Lipinski definition) is 1. The molecule has 0 unspecified atom stereocenters. The van der Waals surface area contributed by atoms with Crippen LogP contribution in [0.3, 0.4) is 0 Å². The van der Waals surface area contributed by atoms with Crippen molar-refractivity contribution in [2.24, 2.45) is 11.8 Å². The maximum absolute atomic E-state index is 14.6. The molecule has 2 aromatic heterocycles. The van der Waals surface area contributed by atoms with Crippen LogP contribution in [0, 0.1) is 11.8 Å². The molecule has 14 heteroatoms. The Morgan fingerprint density at radius 2 is 1.78 bits per heavy atom. The van der Waals surface area contributed by atoms with E-state index in [0.29, 0.717) is 12.8 Å². The number of aliphatic carboxylic acids is 1. The van der Waals surface area contributed by atoms with Crippen molar-refractivity contribution in [3.05, 3.63) is 45.5 Å². The van der Waals surface area contributed by atoms with Crippen molar-refractivity contribution in [1.82, 2.24) is 19.7 Å². The lowest BCUT2D eigenvalue weighted by Gasteiger charge is -2.34. The van der Waals surface area contributed by atoms with Crippen LogP contribution in [-0.4, -0.2) is 67.2 Å². The molecule has 3 aliphatic rings. The molecule has 1 aliphatic carbocycles. The van der Waals surface area contributed by atoms with Gasteiger partial charge in [0.15, 0.2) is 11.5 Å². The maximum Gasteiger partial charge on any atom is 0.433 e. The van der Waals surface area contributed by atoms with E-state index in [2.05, 4.69) is 10.1 Å². The summed E-state index contributed by atoms with van der Waals surface area (Å²) in [6.45, 7) is 1.02. The number of rotatable bonds is 8. The molecule has 0 aromatic carbocycles. The molecule has 0 spiro atoms. The number of hydrogen-bond acceptors (Lipinski definition) is 6. The van der Waals surface area contributed by atoms with Gasteiger partial charge in [0.1, 0.15) is 0 Å². The lowest BCUT2D eigenvalue weighted by molar-refractivity contribution is -0.149. The van der Waals surface area contributed by atoms with Crippen LogP contribution in [-0.2, 0) is 15.7 Å². The highest BCUT2D eigenvalue weighted by Crippen LogP contribution is 2.45. The van der Waals surface area contributed by atoms with Crippen molar-refractivity contribution in [2.45, 2.75) is 75.8 Å². The van der Waals surface area contributed by atoms with E-state index >= 15 is 0 Å². The molecule has 2 saturated heterocycles. The lowest BCUT2D eigenvalue weighted by atomic mass is 9.78. The number of amides is 1. The van der Waals surface area contributed by atoms with Crippen molar-refractivity contribution < 1.29 is 37.4 Å². The van der Waals surface area contributed by atoms with Crippen LogP contribution >= 0.6 is 23.2 Å². The second-order valence-corrected chi connectivity index (χ2v) is 12.1. The van der Waals surface area contributed by atoms with Gasteiger partial charge < -0.3 is 14.7 Å². The van der Waals surface area contributed by atoms with Crippen molar-refractivity contribution in [3.8, 4) is 0 Å². The molecule has 41 heavy (non-hydrogen) atoms. The first-order valence-electron chi connectivity index (χ1n) is 13.5. The summed E-state index contributed by atoms with van der Waals surface area (Å²) >= 11 is 12.3. The minimum atomic E-state index is -4.94. The van der Waals surface area contributed by atoms with Crippen LogP contribution in [0.15, 0.2) is 18.6 Å². The fraction of sp³-hybridized carbons (Fsp3) is 0.593. The van der Waals surface area contributed by atoms with Gasteiger partial charge in [0.25, 0.3) is 5.91 Å². The number of halogens is 5. The zero-order valence-electron chi connectivity index (χ0n) is 22.2. The highest BCUT2D eigenvalue weighted by molar-refractivity contribution is 6.39. The summed E-state index contributed by atoms with van der Waals surface area (Å²) in [5.74, 6) is -3.69. The Balaban J connectivity index is 1.49. The van der Waals surface area contributed by atoms with Crippen molar-refractivity contribution in [3.63, 3.8) is 0 Å². The summed E-state index contributed by atoms with van der Waals surface area (Å²) in [5.41, 5.74) is -2.74. The predicted molar refractivity (Wildman–Crippen MR) is 141 cm³/mol. The number of nitrogens with zero attached hydrogens (tertiary/aromatic N) is 4. The molecule has 0 radical (unpaired) electrons. The van der Waals surface area contributed by atoms with Crippen LogP contribution < -0.4 is 0 Å². The van der Waals surface area contributed by atoms with Gasteiger partial charge in [-0.2, -0.15) is 18.3 Å². The van der Waals surface area contributed by atoms with E-state index in [0.717, 1.165) is 28.6 Å². The van der Waals surface area contributed by atoms with E-state index in [4.69, 9.17) is 27.9 Å². The summed E-state index contributed by atoms with van der Waals surface area (Å²) in [5, 5.41) is 13.3. The monoisotopic (exact) mass is 616 g/mol. The highest BCUT2D eigenvalue weighted by atomic mass is 35.5. The third kappa shape index (κ3) is 5.83. The molecule has 2 bridgehead atoms. The van der Waals surface area contributed by atoms with Gasteiger partial charge in [0.2, 0.25) is 0 Å². The zero-order chi connectivity index (χ0) is 29.7. The van der Waals surface area contributed by atoms with Gasteiger partial charge in [0.05, 0.1) is 64.1 Å². The molecule has 5 rings (SSSR count). The molecule has 9 nitrogen and oxygen atoms in total. The Bertz CT molecular complexity index is 1340. The number of alkyl halides is 3. The smallest absolute Gasteiger partial charge is 0.433 e. The molecule has 1 saturated carbocycles. The number of carbonyl (C=O) groups excluding carboxylic acids is 2. The Morgan fingerprint density at radius 1 is 1.12 bits per heavy atom. The molecule has 3 fully saturated rings. The van der Waals surface area contributed by atoms with E-state index < -0.39 is 59.2 Å². The molecule has 1 N–H and O–H groups in total. The van der Waals surface area contributed by atoms with Crippen LogP contribution in [0.4, 0.5) is 13.2 Å². The van der Waals surface area contributed by atoms with Crippen LogP contribution in [0.1, 0.15) is 84.3 Å². The third-order valence-corrected chi connectivity index (χ3v) is 9.17. The van der Waals surface area contributed by atoms with Crippen LogP contribution in [0.2, 0.25) is 10.0 Å². The zero-order valence-corrected chi connectivity index (χ0v) is 23.7. The summed E-state index contributed by atoms with van der Waals surface area (Å²) in [6.07, 6.45) is 1.68. The second-order valence-electron chi connectivity index (χ2n) is 11.3. The topological polar surface area (TPSA) is 115 Å². The number of fused-ring (bicyclic) bond motifs is 2. The van der Waals surface area contributed by atoms with Crippen molar-refractivity contribution in [1.29, 1.82) is 0 Å². The highest BCUT2D eigenvalue weighted by Gasteiger charge is 2.49. The number of pyridine rings is 1. The first-order valence-corrected chi connectivity index (χ1v) is 14.2. The van der Waals surface area contributed by atoms with Crippen LogP contribution in [0.5, 0.6) is 0 Å². The molecule has 1 amide bonds. The standard InChI is InChI=1S/C27H29Cl2F3N4O5/c1-14-8-15(2-3-17(14)25(39)40)36-23(27(30,31)32)18(9-34-36)24(38)35(13-26-6-4-16(41-26)5-7-26)12-21(37)22-19(28)10-33-11-20(22)29/h9-11,14-17H,2-8,12-13H2,1H3,(H,39,40)/t14-,15-,16?,17-,26?/m0/s1. The van der Waals surface area contributed by atoms with Gasteiger partial charge in [0, 0.05) is 12.4 Å². The molecule has 2 aromatic rings. The Hall–Kier alpha value is -2.70. The molecular formula is C27H29Cl2F3N4O5. The van der Waals surface area contributed by atoms with Gasteiger partial charge >= 0.3 is 12.1 Å². The lowest BCUT2D eigenvalue weighted by Crippen LogP contribution is -2.47. The first kappa shape index (κ1) is 29.8. The van der Waals surface area contributed by atoms with E-state index in [9.17, 15) is 32.7 Å². The second kappa shape index (κ2) is 11.2. The predicted octanol–water partition coefficient (Wildman–Crippen LogP) is 5.70. The third-order valence-electron chi connectivity index (χ3n) is 8.59. The fourth-order valence-electron chi connectivity index (χ4n) is 6.58. The number of Topliss-reactive ketones (excluding diaryl/α,β-unsaturated/α-hetero) is 1. The first-order chi connectivity index (χ1) is 19.3. The number of ketones is 1. The average molecular weight is 617 g/mol. The van der Waals surface area contributed by atoms with E-state index in [1.807, 2.05) is 0 Å². The minimum Gasteiger partial charge on any atom is -0.481 e. The summed E-state index contributed by atoms with van der Waals surface area (Å²) in [7, 11) is 0. The molecular weight excluding hydrogens is 588 g/mol. The van der Waals surface area contributed by atoms with Gasteiger partial charge in [-0.25, -0.2) is 0 Å². The number of ether oxygens (including phenoxy) is 1. The maximum atomic E-state index is 14.6. The van der Waals surface area contributed by atoms with Gasteiger partial charge in [-0.05, 0) is 50.9 Å². The number of carboxylic acid groups (broad SMARTS) is 1. The normalized spacial score (nSPS) is 27.7. The Kier molecular flexibility index (Phi) is 8.12. The summed E-state index contributed by atoms with van der Waals surface area (Å²) in [4.78, 5) is 43.7. The molecule has 4 heterocycles.